The Kier molecular flexibility index (Phi) is 3.62. The highest BCUT2D eigenvalue weighted by molar-refractivity contribution is 6.04. The lowest BCUT2D eigenvalue weighted by molar-refractivity contribution is 0.0699. The predicted octanol–water partition coefficient (Wildman–Crippen LogP) is 2.99. The number of nitrogens with zero attached hydrogens (tertiary/aromatic N) is 1. The summed E-state index contributed by atoms with van der Waals surface area (Å²) in [6.07, 6.45) is 0. The second-order valence-electron chi connectivity index (χ2n) is 3.28. The molecule has 3 heteroatoms. The Hall–Kier alpha value is -2.34. The molecule has 0 saturated carbocycles. The van der Waals surface area contributed by atoms with E-state index in [2.05, 4.69) is 6.57 Å². The zero-order valence-corrected chi connectivity index (χ0v) is 8.84. The van der Waals surface area contributed by atoms with E-state index >= 15 is 0 Å². The Labute approximate surface area is 93.6 Å². The summed E-state index contributed by atoms with van der Waals surface area (Å²) < 4.78 is 0. The Morgan fingerprint density at radius 3 is 2.25 bits per heavy atom. The zero-order valence-electron chi connectivity index (χ0n) is 8.84. The molecule has 0 fully saturated rings. The minimum absolute atomic E-state index is 0.367. The summed E-state index contributed by atoms with van der Waals surface area (Å²) in [7, 11) is 0. The van der Waals surface area contributed by atoms with Gasteiger partial charge in [0.1, 0.15) is 0 Å². The van der Waals surface area contributed by atoms with Crippen LogP contribution in [0.25, 0.3) is 10.8 Å². The molecule has 0 aliphatic rings. The van der Waals surface area contributed by atoms with Crippen LogP contribution in [-0.4, -0.2) is 11.1 Å². The fourth-order valence-corrected chi connectivity index (χ4v) is 1.64. The minimum Gasteiger partial charge on any atom is -0.478 e. The Bertz CT molecular complexity index is 544. The molecule has 0 aromatic heterocycles. The van der Waals surface area contributed by atoms with Crippen LogP contribution in [0.4, 0.5) is 0 Å². The van der Waals surface area contributed by atoms with Gasteiger partial charge >= 0.3 is 5.97 Å². The number of nitriles is 1. The van der Waals surface area contributed by atoms with Crippen molar-refractivity contribution in [3.63, 3.8) is 0 Å². The highest BCUT2D eigenvalue weighted by Crippen LogP contribution is 2.21. The Morgan fingerprint density at radius 2 is 1.69 bits per heavy atom. The van der Waals surface area contributed by atoms with E-state index in [0.29, 0.717) is 5.56 Å². The lowest BCUT2D eigenvalue weighted by Crippen LogP contribution is -1.97. The first-order valence-electron chi connectivity index (χ1n) is 4.67. The molecule has 0 radical (unpaired) electrons. The lowest BCUT2D eigenvalue weighted by Gasteiger charge is -2.04. The zero-order chi connectivity index (χ0) is 12.1. The van der Waals surface area contributed by atoms with Gasteiger partial charge in [0, 0.05) is 6.57 Å². The van der Waals surface area contributed by atoms with E-state index in [4.69, 9.17) is 10.4 Å². The largest absolute Gasteiger partial charge is 0.478 e. The van der Waals surface area contributed by atoms with Gasteiger partial charge in [-0.15, -0.1) is 0 Å². The summed E-state index contributed by atoms with van der Waals surface area (Å²) in [6.45, 7) is 5.48. The van der Waals surface area contributed by atoms with E-state index in [1.165, 1.54) is 0 Å². The molecular weight excluding hydrogens is 202 g/mol. The van der Waals surface area contributed by atoms with Crippen LogP contribution < -0.4 is 0 Å². The normalized spacial score (nSPS) is 9.19. The van der Waals surface area contributed by atoms with Gasteiger partial charge in [-0.2, -0.15) is 0 Å². The van der Waals surface area contributed by atoms with Gasteiger partial charge < -0.3 is 5.11 Å². The van der Waals surface area contributed by atoms with E-state index in [1.54, 1.807) is 6.07 Å². The van der Waals surface area contributed by atoms with Gasteiger partial charge in [0.05, 0.1) is 5.56 Å². The van der Waals surface area contributed by atoms with Crippen LogP contribution >= 0.6 is 0 Å². The number of rotatable bonds is 1. The highest BCUT2D eigenvalue weighted by Gasteiger charge is 2.08. The first-order chi connectivity index (χ1) is 7.70. The standard InChI is InChI=1S/C12H10O2.CHN/c1-8-6-7-11(12(13)14)10-5-3-2-4-9(8)10;1-2/h2-7H,1H3,(H,13,14);1H. The van der Waals surface area contributed by atoms with Gasteiger partial charge in [-0.25, -0.2) is 10.1 Å². The molecule has 0 atom stereocenters. The molecule has 2 rings (SSSR count). The second-order valence-corrected chi connectivity index (χ2v) is 3.28. The van der Waals surface area contributed by atoms with Gasteiger partial charge in [-0.3, -0.25) is 0 Å². The summed E-state index contributed by atoms with van der Waals surface area (Å²) in [6, 6.07) is 11.0. The molecule has 0 bridgehead atoms. The third-order valence-electron chi connectivity index (χ3n) is 2.37. The fraction of sp³-hybridized carbons (Fsp3) is 0.0769. The maximum Gasteiger partial charge on any atom is 0.336 e. The van der Waals surface area contributed by atoms with Crippen LogP contribution in [-0.2, 0) is 0 Å². The van der Waals surface area contributed by atoms with Gasteiger partial charge in [0.25, 0.3) is 0 Å². The number of fused-ring (bicyclic) bond motifs is 1. The van der Waals surface area contributed by atoms with Crippen LogP contribution in [0.3, 0.4) is 0 Å². The molecule has 80 valence electrons. The molecule has 2 aromatic carbocycles. The lowest BCUT2D eigenvalue weighted by atomic mass is 10.0. The quantitative estimate of drug-likeness (QED) is 0.792. The number of carboxylic acids is 1. The molecule has 1 N–H and O–H groups in total. The van der Waals surface area contributed by atoms with Crippen LogP contribution in [0.2, 0.25) is 0 Å². The maximum absolute atomic E-state index is 10.9. The van der Waals surface area contributed by atoms with E-state index < -0.39 is 5.97 Å². The number of hydrogen-bond donors (Lipinski definition) is 1. The van der Waals surface area contributed by atoms with E-state index in [0.717, 1.165) is 16.3 Å². The fourth-order valence-electron chi connectivity index (χ4n) is 1.64. The molecule has 0 heterocycles. The van der Waals surface area contributed by atoms with Crippen molar-refractivity contribution in [1.29, 1.82) is 5.26 Å². The summed E-state index contributed by atoms with van der Waals surface area (Å²) in [4.78, 5) is 10.9. The van der Waals surface area contributed by atoms with Crippen LogP contribution in [0.5, 0.6) is 0 Å². The third kappa shape index (κ3) is 2.01. The van der Waals surface area contributed by atoms with E-state index in [9.17, 15) is 4.79 Å². The SMILES string of the molecule is C#N.Cc1ccc(C(=O)O)c2ccccc12. The van der Waals surface area contributed by atoms with Gasteiger partial charge in [-0.1, -0.05) is 30.3 Å². The summed E-state index contributed by atoms with van der Waals surface area (Å²) in [5.74, 6) is -0.874. The van der Waals surface area contributed by atoms with Gasteiger partial charge in [0.2, 0.25) is 0 Å². The molecule has 0 saturated heterocycles. The average Bonchev–Trinajstić information content (AvgIpc) is 2.32. The first kappa shape index (κ1) is 11.7. The Morgan fingerprint density at radius 1 is 1.12 bits per heavy atom. The average molecular weight is 213 g/mol. The van der Waals surface area contributed by atoms with Crippen LogP contribution in [0, 0.1) is 18.8 Å². The summed E-state index contributed by atoms with van der Waals surface area (Å²) in [5.41, 5.74) is 1.47. The molecule has 16 heavy (non-hydrogen) atoms. The molecule has 3 nitrogen and oxygen atoms in total. The van der Waals surface area contributed by atoms with Crippen molar-refractivity contribution in [3.05, 3.63) is 47.5 Å². The van der Waals surface area contributed by atoms with E-state index in [1.807, 2.05) is 37.3 Å². The minimum atomic E-state index is -0.874. The number of carboxylic acid groups (broad SMARTS) is 1. The Balaban J connectivity index is 0.000000606. The van der Waals surface area contributed by atoms with Crippen molar-refractivity contribution >= 4 is 16.7 Å². The molecule has 0 amide bonds. The molecule has 2 aromatic rings. The van der Waals surface area contributed by atoms with Crippen LogP contribution in [0.15, 0.2) is 36.4 Å². The maximum atomic E-state index is 10.9. The molecule has 0 unspecified atom stereocenters. The van der Waals surface area contributed by atoms with Crippen molar-refractivity contribution in [1.82, 2.24) is 0 Å². The molecule has 0 aliphatic heterocycles. The van der Waals surface area contributed by atoms with Crippen molar-refractivity contribution in [2.45, 2.75) is 6.92 Å². The van der Waals surface area contributed by atoms with Gasteiger partial charge in [0.15, 0.2) is 0 Å². The van der Waals surface area contributed by atoms with Crippen molar-refractivity contribution in [3.8, 4) is 6.57 Å². The van der Waals surface area contributed by atoms with Crippen molar-refractivity contribution < 1.29 is 9.90 Å². The number of aryl methyl sites for hydroxylation is 1. The molecular formula is C13H11NO2. The van der Waals surface area contributed by atoms with E-state index in [-0.39, 0.29) is 0 Å². The first-order valence-corrected chi connectivity index (χ1v) is 4.67. The monoisotopic (exact) mass is 213 g/mol. The summed E-state index contributed by atoms with van der Waals surface area (Å²) >= 11 is 0. The highest BCUT2D eigenvalue weighted by atomic mass is 16.4. The third-order valence-corrected chi connectivity index (χ3v) is 2.37. The van der Waals surface area contributed by atoms with Crippen molar-refractivity contribution in [2.24, 2.45) is 0 Å². The van der Waals surface area contributed by atoms with Gasteiger partial charge in [-0.05, 0) is 29.3 Å². The predicted molar refractivity (Wildman–Crippen MR) is 62.3 cm³/mol. The topological polar surface area (TPSA) is 61.1 Å². The number of aromatic carboxylic acids is 1. The second kappa shape index (κ2) is 4.94. The smallest absolute Gasteiger partial charge is 0.336 e. The van der Waals surface area contributed by atoms with Crippen molar-refractivity contribution in [2.75, 3.05) is 0 Å². The molecule has 0 spiro atoms. The van der Waals surface area contributed by atoms with Crippen LogP contribution in [0.1, 0.15) is 15.9 Å². The number of hydrogen-bond acceptors (Lipinski definition) is 2. The molecule has 0 aliphatic carbocycles. The summed E-state index contributed by atoms with van der Waals surface area (Å²) in [5, 5.41) is 17.3. The number of benzene rings is 2. The number of carbonyl (C=O) groups is 1.